The Morgan fingerprint density at radius 1 is 1.37 bits per heavy atom. The monoisotopic (exact) mass is 287 g/mol. The van der Waals surface area contributed by atoms with E-state index in [1.807, 2.05) is 11.8 Å². The molecule has 1 fully saturated rings. The van der Waals surface area contributed by atoms with Gasteiger partial charge in [-0.25, -0.2) is 0 Å². The molecule has 0 aromatic heterocycles. The molecule has 0 aliphatic carbocycles. The third-order valence-corrected chi connectivity index (χ3v) is 4.41. The normalized spacial score (nSPS) is 18.5. The summed E-state index contributed by atoms with van der Waals surface area (Å²) < 4.78 is 0. The van der Waals surface area contributed by atoms with E-state index in [9.17, 15) is 4.79 Å². The molecule has 1 unspecified atom stereocenters. The topological polar surface area (TPSA) is 58.4 Å². The fraction of sp³-hybridized carbons (Fsp3) is 0.929. The van der Waals surface area contributed by atoms with Gasteiger partial charge in [0.1, 0.15) is 0 Å². The van der Waals surface area contributed by atoms with Gasteiger partial charge < -0.3 is 11.1 Å². The molecule has 5 heteroatoms. The highest BCUT2D eigenvalue weighted by Gasteiger charge is 2.14. The summed E-state index contributed by atoms with van der Waals surface area (Å²) in [5, 5.41) is 3.03. The molecular formula is C14H29N3OS. The van der Waals surface area contributed by atoms with Crippen molar-refractivity contribution in [3.63, 3.8) is 0 Å². The Hall–Kier alpha value is -0.260. The molecule has 1 saturated heterocycles. The molecule has 1 amide bonds. The van der Waals surface area contributed by atoms with E-state index in [0.29, 0.717) is 24.8 Å². The molecule has 3 N–H and O–H groups in total. The van der Waals surface area contributed by atoms with E-state index < -0.39 is 0 Å². The van der Waals surface area contributed by atoms with E-state index in [2.05, 4.69) is 24.1 Å². The number of rotatable bonds is 8. The minimum atomic E-state index is 0.155. The molecule has 1 aliphatic heterocycles. The van der Waals surface area contributed by atoms with Crippen LogP contribution in [0.1, 0.15) is 26.7 Å². The number of amides is 1. The number of nitrogens with two attached hydrogens (primary N) is 1. The standard InChI is InChI=1S/C14H29N3OS/c1-12(2)9-13(11-15)10-14(18)16-3-4-17-5-7-19-8-6-17/h12-13H,3-11,15H2,1-2H3,(H,16,18). The summed E-state index contributed by atoms with van der Waals surface area (Å²) in [6, 6.07) is 0. The van der Waals surface area contributed by atoms with Crippen molar-refractivity contribution in [1.82, 2.24) is 10.2 Å². The lowest BCUT2D eigenvalue weighted by Gasteiger charge is -2.26. The van der Waals surface area contributed by atoms with Crippen molar-refractivity contribution in [2.45, 2.75) is 26.7 Å². The van der Waals surface area contributed by atoms with Crippen LogP contribution in [0.4, 0.5) is 0 Å². The van der Waals surface area contributed by atoms with Crippen LogP contribution in [0.2, 0.25) is 0 Å². The van der Waals surface area contributed by atoms with Gasteiger partial charge in [0, 0.05) is 44.1 Å². The van der Waals surface area contributed by atoms with Crippen LogP contribution in [0.3, 0.4) is 0 Å². The molecule has 19 heavy (non-hydrogen) atoms. The van der Waals surface area contributed by atoms with E-state index >= 15 is 0 Å². The van der Waals surface area contributed by atoms with Crippen LogP contribution in [0, 0.1) is 11.8 Å². The van der Waals surface area contributed by atoms with Crippen molar-refractivity contribution < 1.29 is 4.79 Å². The van der Waals surface area contributed by atoms with E-state index in [1.54, 1.807) is 0 Å². The Morgan fingerprint density at radius 2 is 2.05 bits per heavy atom. The van der Waals surface area contributed by atoms with Gasteiger partial charge in [0.15, 0.2) is 0 Å². The van der Waals surface area contributed by atoms with Crippen LogP contribution in [-0.4, -0.2) is 55.0 Å². The van der Waals surface area contributed by atoms with E-state index in [-0.39, 0.29) is 5.91 Å². The van der Waals surface area contributed by atoms with Gasteiger partial charge in [0.2, 0.25) is 5.91 Å². The lowest BCUT2D eigenvalue weighted by molar-refractivity contribution is -0.122. The van der Waals surface area contributed by atoms with Gasteiger partial charge in [-0.05, 0) is 24.8 Å². The molecule has 0 spiro atoms. The van der Waals surface area contributed by atoms with Crippen LogP contribution in [0.25, 0.3) is 0 Å². The first-order valence-electron chi connectivity index (χ1n) is 7.38. The molecule has 1 heterocycles. The van der Waals surface area contributed by atoms with Gasteiger partial charge >= 0.3 is 0 Å². The van der Waals surface area contributed by atoms with Gasteiger partial charge in [-0.15, -0.1) is 0 Å². The lowest BCUT2D eigenvalue weighted by Crippen LogP contribution is -2.39. The Labute approximate surface area is 121 Å². The zero-order valence-electron chi connectivity index (χ0n) is 12.4. The zero-order chi connectivity index (χ0) is 14.1. The first-order chi connectivity index (χ1) is 9.11. The average molecular weight is 287 g/mol. The number of thioether (sulfide) groups is 1. The maximum Gasteiger partial charge on any atom is 0.220 e. The molecule has 1 atom stereocenters. The van der Waals surface area contributed by atoms with Gasteiger partial charge in [0.25, 0.3) is 0 Å². The van der Waals surface area contributed by atoms with Crippen LogP contribution >= 0.6 is 11.8 Å². The maximum absolute atomic E-state index is 11.8. The summed E-state index contributed by atoms with van der Waals surface area (Å²) >= 11 is 2.01. The van der Waals surface area contributed by atoms with E-state index in [4.69, 9.17) is 5.73 Å². The second-order valence-electron chi connectivity index (χ2n) is 5.74. The van der Waals surface area contributed by atoms with E-state index in [0.717, 1.165) is 32.6 Å². The smallest absolute Gasteiger partial charge is 0.220 e. The third-order valence-electron chi connectivity index (χ3n) is 3.47. The van der Waals surface area contributed by atoms with Crippen LogP contribution < -0.4 is 11.1 Å². The quantitative estimate of drug-likeness (QED) is 0.703. The molecule has 0 saturated carbocycles. The minimum absolute atomic E-state index is 0.155. The van der Waals surface area contributed by atoms with Gasteiger partial charge in [-0.3, -0.25) is 9.69 Å². The first kappa shape index (κ1) is 16.8. The second-order valence-corrected chi connectivity index (χ2v) is 6.96. The molecule has 0 bridgehead atoms. The maximum atomic E-state index is 11.8. The number of hydrogen-bond acceptors (Lipinski definition) is 4. The zero-order valence-corrected chi connectivity index (χ0v) is 13.2. The number of nitrogens with one attached hydrogen (secondary N) is 1. The Kier molecular flexibility index (Phi) is 8.50. The third kappa shape index (κ3) is 7.80. The lowest BCUT2D eigenvalue weighted by atomic mass is 9.94. The van der Waals surface area contributed by atoms with Crippen LogP contribution in [0.15, 0.2) is 0 Å². The summed E-state index contributed by atoms with van der Waals surface area (Å²) in [5.74, 6) is 3.52. The molecular weight excluding hydrogens is 258 g/mol. The van der Waals surface area contributed by atoms with Crippen molar-refractivity contribution in [1.29, 1.82) is 0 Å². The predicted octanol–water partition coefficient (Wildman–Crippen LogP) is 1.16. The molecule has 1 rings (SSSR count). The highest BCUT2D eigenvalue weighted by molar-refractivity contribution is 7.99. The fourth-order valence-electron chi connectivity index (χ4n) is 2.44. The molecule has 4 nitrogen and oxygen atoms in total. The summed E-state index contributed by atoms with van der Waals surface area (Å²) in [6.07, 6.45) is 1.61. The molecule has 112 valence electrons. The molecule has 0 radical (unpaired) electrons. The van der Waals surface area contributed by atoms with Crippen molar-refractivity contribution in [3.05, 3.63) is 0 Å². The SMILES string of the molecule is CC(C)CC(CN)CC(=O)NCCN1CCSCC1. The van der Waals surface area contributed by atoms with Gasteiger partial charge in [-0.2, -0.15) is 11.8 Å². The first-order valence-corrected chi connectivity index (χ1v) is 8.54. The average Bonchev–Trinajstić information content (AvgIpc) is 2.38. The van der Waals surface area contributed by atoms with Crippen molar-refractivity contribution in [2.75, 3.05) is 44.2 Å². The fourth-order valence-corrected chi connectivity index (χ4v) is 3.42. The van der Waals surface area contributed by atoms with Crippen LogP contribution in [0.5, 0.6) is 0 Å². The van der Waals surface area contributed by atoms with Gasteiger partial charge in [-0.1, -0.05) is 13.8 Å². The second kappa shape index (κ2) is 9.61. The van der Waals surface area contributed by atoms with Crippen molar-refractivity contribution in [2.24, 2.45) is 17.6 Å². The number of nitrogens with zero attached hydrogens (tertiary/aromatic N) is 1. The Bertz CT molecular complexity index is 255. The minimum Gasteiger partial charge on any atom is -0.355 e. The Morgan fingerprint density at radius 3 is 2.63 bits per heavy atom. The largest absolute Gasteiger partial charge is 0.355 e. The van der Waals surface area contributed by atoms with E-state index in [1.165, 1.54) is 11.5 Å². The Balaban J connectivity index is 2.12. The van der Waals surface area contributed by atoms with Crippen LogP contribution in [-0.2, 0) is 4.79 Å². The molecule has 0 aromatic carbocycles. The number of carbonyl (C=O) groups is 1. The predicted molar refractivity (Wildman–Crippen MR) is 83.4 cm³/mol. The molecule has 1 aliphatic rings. The highest BCUT2D eigenvalue weighted by Crippen LogP contribution is 2.14. The summed E-state index contributed by atoms with van der Waals surface area (Å²) in [7, 11) is 0. The van der Waals surface area contributed by atoms with Crippen molar-refractivity contribution in [3.8, 4) is 0 Å². The van der Waals surface area contributed by atoms with Gasteiger partial charge in [0.05, 0.1) is 0 Å². The summed E-state index contributed by atoms with van der Waals surface area (Å²) in [5.41, 5.74) is 5.72. The number of carbonyl (C=O) groups excluding carboxylic acids is 1. The highest BCUT2D eigenvalue weighted by atomic mass is 32.2. The van der Waals surface area contributed by atoms with Crippen molar-refractivity contribution >= 4 is 17.7 Å². The summed E-state index contributed by atoms with van der Waals surface area (Å²) in [6.45, 7) is 9.00. The molecule has 0 aromatic rings. The number of hydrogen-bond donors (Lipinski definition) is 2. The summed E-state index contributed by atoms with van der Waals surface area (Å²) in [4.78, 5) is 14.3.